The lowest BCUT2D eigenvalue weighted by Crippen LogP contribution is -2.43. The Bertz CT molecular complexity index is 723. The second kappa shape index (κ2) is 7.87. The molecule has 0 atom stereocenters. The van der Waals surface area contributed by atoms with Crippen LogP contribution in [0.3, 0.4) is 0 Å². The van der Waals surface area contributed by atoms with Crippen LogP contribution >= 0.6 is 0 Å². The zero-order valence-corrected chi connectivity index (χ0v) is 15.1. The number of hydrogen-bond acceptors (Lipinski definition) is 4. The summed E-state index contributed by atoms with van der Waals surface area (Å²) in [6, 6.07) is 13.4. The summed E-state index contributed by atoms with van der Waals surface area (Å²) in [4.78, 5) is 18.5. The van der Waals surface area contributed by atoms with Gasteiger partial charge in [0.05, 0.1) is 11.9 Å². The normalized spacial score (nSPS) is 22.8. The van der Waals surface area contributed by atoms with E-state index in [1.54, 1.807) is 12.1 Å². The second-order valence-electron chi connectivity index (χ2n) is 7.15. The van der Waals surface area contributed by atoms with Crippen molar-refractivity contribution in [3.05, 3.63) is 59.9 Å². The molecule has 1 aromatic carbocycles. The highest BCUT2D eigenvalue weighted by Gasteiger charge is 2.37. The predicted octanol–water partition coefficient (Wildman–Crippen LogP) is 3.01. The lowest BCUT2D eigenvalue weighted by atomic mass is 9.79. The van der Waals surface area contributed by atoms with Crippen molar-refractivity contribution in [1.82, 2.24) is 9.88 Å². The van der Waals surface area contributed by atoms with Crippen molar-refractivity contribution in [1.29, 1.82) is 0 Å². The monoisotopic (exact) mass is 354 g/mol. The van der Waals surface area contributed by atoms with Crippen LogP contribution < -0.4 is 0 Å². The Kier molecular flexibility index (Phi) is 5.57. The Hall–Kier alpha value is -2.40. The van der Waals surface area contributed by atoms with E-state index in [0.717, 1.165) is 19.3 Å². The molecule has 1 fully saturated rings. The fraction of sp³-hybridized carbons (Fsp3) is 0.429. The van der Waals surface area contributed by atoms with Gasteiger partial charge in [-0.15, -0.1) is 0 Å². The number of aryl methyl sites for hydroxylation is 1. The largest absolute Gasteiger partial charge is 0.506 e. The number of pyridine rings is 1. The maximum absolute atomic E-state index is 12.5. The van der Waals surface area contributed by atoms with E-state index in [-0.39, 0.29) is 17.7 Å². The van der Waals surface area contributed by atoms with Crippen molar-refractivity contribution in [2.24, 2.45) is 0 Å². The molecule has 1 aliphatic carbocycles. The minimum absolute atomic E-state index is 0.0924. The number of amides is 1. The molecule has 1 amide bonds. The Morgan fingerprint density at radius 2 is 1.88 bits per heavy atom. The number of aromatic nitrogens is 1. The fourth-order valence-electron chi connectivity index (χ4n) is 3.66. The second-order valence-corrected chi connectivity index (χ2v) is 7.15. The molecule has 1 saturated carbocycles. The number of benzene rings is 1. The molecule has 3 rings (SSSR count). The van der Waals surface area contributed by atoms with E-state index in [1.165, 1.54) is 11.8 Å². The van der Waals surface area contributed by atoms with Crippen LogP contribution in [-0.2, 0) is 16.8 Å². The smallest absolute Gasteiger partial charge is 0.222 e. The van der Waals surface area contributed by atoms with Crippen LogP contribution in [-0.4, -0.2) is 39.1 Å². The van der Waals surface area contributed by atoms with Gasteiger partial charge in [-0.2, -0.15) is 0 Å². The van der Waals surface area contributed by atoms with E-state index in [0.29, 0.717) is 25.0 Å². The number of aromatic hydroxyl groups is 1. The fourth-order valence-corrected chi connectivity index (χ4v) is 3.66. The molecule has 2 N–H and O–H groups in total. The van der Waals surface area contributed by atoms with Gasteiger partial charge < -0.3 is 15.1 Å². The van der Waals surface area contributed by atoms with Crippen molar-refractivity contribution in [3.63, 3.8) is 0 Å². The molecule has 0 saturated heterocycles. The van der Waals surface area contributed by atoms with E-state index in [1.807, 2.05) is 42.3 Å². The highest BCUT2D eigenvalue weighted by molar-refractivity contribution is 5.76. The Morgan fingerprint density at radius 3 is 2.50 bits per heavy atom. The van der Waals surface area contributed by atoms with Crippen molar-refractivity contribution < 1.29 is 15.0 Å². The Morgan fingerprint density at radius 1 is 1.19 bits per heavy atom. The Balaban J connectivity index is 1.53. The lowest BCUT2D eigenvalue weighted by Gasteiger charge is -2.39. The minimum Gasteiger partial charge on any atom is -0.506 e. The molecule has 26 heavy (non-hydrogen) atoms. The summed E-state index contributed by atoms with van der Waals surface area (Å²) in [7, 11) is 1.86. The van der Waals surface area contributed by atoms with Gasteiger partial charge in [0.2, 0.25) is 5.91 Å². The highest BCUT2D eigenvalue weighted by Crippen LogP contribution is 2.37. The summed E-state index contributed by atoms with van der Waals surface area (Å²) in [5.41, 5.74) is 0.787. The first-order valence-electron chi connectivity index (χ1n) is 9.15. The molecule has 5 heteroatoms. The van der Waals surface area contributed by atoms with Crippen molar-refractivity contribution in [2.75, 3.05) is 7.05 Å². The molecule has 138 valence electrons. The van der Waals surface area contributed by atoms with Gasteiger partial charge in [0.1, 0.15) is 11.4 Å². The summed E-state index contributed by atoms with van der Waals surface area (Å²) in [5.74, 6) is 0.238. The predicted molar refractivity (Wildman–Crippen MR) is 99.6 cm³/mol. The Labute approximate surface area is 154 Å². The zero-order valence-electron chi connectivity index (χ0n) is 15.1. The molecule has 0 radical (unpaired) electrons. The van der Waals surface area contributed by atoms with E-state index in [4.69, 9.17) is 0 Å². The number of carbonyl (C=O) groups is 1. The van der Waals surface area contributed by atoms with E-state index < -0.39 is 5.60 Å². The molecule has 0 spiro atoms. The van der Waals surface area contributed by atoms with Crippen molar-refractivity contribution in [3.8, 4) is 5.75 Å². The third kappa shape index (κ3) is 4.22. The molecule has 0 bridgehead atoms. The SMILES string of the molecule is CN(C(=O)CCc1ccccc1)[C@H]1CC[C@](O)(c2ccc(O)cn2)CC1. The summed E-state index contributed by atoms with van der Waals surface area (Å²) in [6.45, 7) is 0. The van der Waals surface area contributed by atoms with Crippen LogP contribution in [0.5, 0.6) is 5.75 Å². The topological polar surface area (TPSA) is 73.7 Å². The van der Waals surface area contributed by atoms with Gasteiger partial charge in [-0.05, 0) is 49.8 Å². The van der Waals surface area contributed by atoms with Crippen LogP contribution in [0.25, 0.3) is 0 Å². The number of aliphatic hydroxyl groups is 1. The van der Waals surface area contributed by atoms with Gasteiger partial charge in [0.25, 0.3) is 0 Å². The van der Waals surface area contributed by atoms with Gasteiger partial charge in [0, 0.05) is 19.5 Å². The molecular formula is C21H26N2O3. The summed E-state index contributed by atoms with van der Waals surface area (Å²) in [6.07, 6.45) is 5.22. The molecule has 1 heterocycles. The van der Waals surface area contributed by atoms with Crippen LogP contribution in [0, 0.1) is 0 Å². The van der Waals surface area contributed by atoms with Crippen LogP contribution in [0.2, 0.25) is 0 Å². The number of carbonyl (C=O) groups excluding carboxylic acids is 1. The zero-order chi connectivity index (χ0) is 18.6. The van der Waals surface area contributed by atoms with E-state index >= 15 is 0 Å². The standard InChI is InChI=1S/C21H26N2O3/c1-23(20(25)10-7-16-5-3-2-4-6-16)17-11-13-21(26,14-12-17)19-9-8-18(24)15-22-19/h2-6,8-9,15,17,24,26H,7,10-14H2,1H3/t17-,21+. The first-order valence-corrected chi connectivity index (χ1v) is 9.15. The van der Waals surface area contributed by atoms with Gasteiger partial charge in [0.15, 0.2) is 0 Å². The average molecular weight is 354 g/mol. The third-order valence-electron chi connectivity index (χ3n) is 5.42. The number of hydrogen-bond donors (Lipinski definition) is 2. The third-order valence-corrected chi connectivity index (χ3v) is 5.42. The van der Waals surface area contributed by atoms with Gasteiger partial charge in [-0.1, -0.05) is 30.3 Å². The quantitative estimate of drug-likeness (QED) is 0.866. The molecule has 1 aromatic heterocycles. The summed E-state index contributed by atoms with van der Waals surface area (Å²) >= 11 is 0. The van der Waals surface area contributed by atoms with Crippen LogP contribution in [0.15, 0.2) is 48.7 Å². The molecule has 0 unspecified atom stereocenters. The lowest BCUT2D eigenvalue weighted by molar-refractivity contribution is -0.134. The molecule has 2 aromatic rings. The first-order chi connectivity index (χ1) is 12.5. The molecule has 0 aliphatic heterocycles. The first kappa shape index (κ1) is 18.4. The van der Waals surface area contributed by atoms with Gasteiger partial charge >= 0.3 is 0 Å². The number of rotatable bonds is 5. The van der Waals surface area contributed by atoms with Crippen LogP contribution in [0.1, 0.15) is 43.4 Å². The molecule has 5 nitrogen and oxygen atoms in total. The van der Waals surface area contributed by atoms with E-state index in [9.17, 15) is 15.0 Å². The maximum atomic E-state index is 12.5. The summed E-state index contributed by atoms with van der Waals surface area (Å²) in [5, 5.41) is 20.2. The van der Waals surface area contributed by atoms with E-state index in [2.05, 4.69) is 4.98 Å². The number of nitrogens with zero attached hydrogens (tertiary/aromatic N) is 2. The van der Waals surface area contributed by atoms with Gasteiger partial charge in [-0.25, -0.2) is 0 Å². The van der Waals surface area contributed by atoms with Gasteiger partial charge in [-0.3, -0.25) is 9.78 Å². The van der Waals surface area contributed by atoms with Crippen LogP contribution in [0.4, 0.5) is 0 Å². The minimum atomic E-state index is -0.974. The summed E-state index contributed by atoms with van der Waals surface area (Å²) < 4.78 is 0. The van der Waals surface area contributed by atoms with Crippen molar-refractivity contribution >= 4 is 5.91 Å². The molecular weight excluding hydrogens is 328 g/mol. The molecule has 1 aliphatic rings. The highest BCUT2D eigenvalue weighted by atomic mass is 16.3. The maximum Gasteiger partial charge on any atom is 0.222 e. The van der Waals surface area contributed by atoms with Crippen molar-refractivity contribution in [2.45, 2.75) is 50.2 Å². The average Bonchev–Trinajstić information content (AvgIpc) is 2.67.